The van der Waals surface area contributed by atoms with Crippen LogP contribution in [0, 0.1) is 11.3 Å². The van der Waals surface area contributed by atoms with Crippen LogP contribution in [0.3, 0.4) is 0 Å². The molecule has 2 N–H and O–H groups in total. The van der Waals surface area contributed by atoms with Crippen molar-refractivity contribution in [3.05, 3.63) is 0 Å². The quantitative estimate of drug-likeness (QED) is 0.836. The zero-order chi connectivity index (χ0) is 14.7. The predicted octanol–water partition coefficient (Wildman–Crippen LogP) is 3.41. The number of hydrogen-bond acceptors (Lipinski definition) is 2. The zero-order valence-corrected chi connectivity index (χ0v) is 12.3. The summed E-state index contributed by atoms with van der Waals surface area (Å²) in [5, 5.41) is 0. The van der Waals surface area contributed by atoms with Crippen LogP contribution in [-0.4, -0.2) is 36.8 Å². The number of nitrogens with zero attached hydrogens (tertiary/aromatic N) is 1. The summed E-state index contributed by atoms with van der Waals surface area (Å²) in [7, 11) is 0. The van der Waals surface area contributed by atoms with Gasteiger partial charge in [0.2, 0.25) is 0 Å². The fourth-order valence-electron chi connectivity index (χ4n) is 2.91. The van der Waals surface area contributed by atoms with Gasteiger partial charge in [0.1, 0.15) is 0 Å². The fourth-order valence-corrected chi connectivity index (χ4v) is 2.91. The van der Waals surface area contributed by atoms with Crippen molar-refractivity contribution in [3.8, 4) is 0 Å². The van der Waals surface area contributed by atoms with E-state index in [-0.39, 0.29) is 24.3 Å². The molecule has 1 fully saturated rings. The van der Waals surface area contributed by atoms with Crippen LogP contribution in [0.1, 0.15) is 46.5 Å². The van der Waals surface area contributed by atoms with Gasteiger partial charge < -0.3 is 10.6 Å². The third kappa shape index (κ3) is 4.95. The van der Waals surface area contributed by atoms with Gasteiger partial charge in [0.05, 0.1) is 5.92 Å². The Labute approximate surface area is 114 Å². The molecule has 19 heavy (non-hydrogen) atoms. The van der Waals surface area contributed by atoms with Gasteiger partial charge in [-0.05, 0) is 37.8 Å². The molecule has 0 aromatic rings. The predicted molar refractivity (Wildman–Crippen MR) is 71.9 cm³/mol. The Morgan fingerprint density at radius 2 is 1.84 bits per heavy atom. The lowest BCUT2D eigenvalue weighted by atomic mass is 9.83. The monoisotopic (exact) mass is 280 g/mol. The van der Waals surface area contributed by atoms with Crippen molar-refractivity contribution in [2.75, 3.05) is 19.6 Å². The summed E-state index contributed by atoms with van der Waals surface area (Å²) < 4.78 is 38.5. The van der Waals surface area contributed by atoms with Crippen molar-refractivity contribution in [1.29, 1.82) is 0 Å². The van der Waals surface area contributed by atoms with Crippen molar-refractivity contribution in [2.24, 2.45) is 17.1 Å². The molecule has 2 nitrogen and oxygen atoms in total. The van der Waals surface area contributed by atoms with Gasteiger partial charge in [-0.2, -0.15) is 13.2 Å². The van der Waals surface area contributed by atoms with Gasteiger partial charge in [-0.15, -0.1) is 0 Å². The van der Waals surface area contributed by atoms with Gasteiger partial charge in [-0.1, -0.05) is 27.2 Å². The van der Waals surface area contributed by atoms with E-state index in [0.29, 0.717) is 13.0 Å². The highest BCUT2D eigenvalue weighted by molar-refractivity contribution is 4.86. The summed E-state index contributed by atoms with van der Waals surface area (Å²) in [6.45, 7) is 8.27. The summed E-state index contributed by atoms with van der Waals surface area (Å²) in [6, 6.07) is 0.0520. The van der Waals surface area contributed by atoms with Crippen molar-refractivity contribution in [1.82, 2.24) is 4.90 Å². The molecule has 0 bridgehead atoms. The van der Waals surface area contributed by atoms with Crippen LogP contribution in [0.15, 0.2) is 0 Å². The second-order valence-corrected chi connectivity index (χ2v) is 6.49. The Hall–Kier alpha value is -0.290. The van der Waals surface area contributed by atoms with Gasteiger partial charge in [-0.3, -0.25) is 0 Å². The molecule has 1 aliphatic carbocycles. The lowest BCUT2D eigenvalue weighted by Gasteiger charge is -2.41. The van der Waals surface area contributed by atoms with Gasteiger partial charge in [0, 0.05) is 12.6 Å². The van der Waals surface area contributed by atoms with Crippen molar-refractivity contribution >= 4 is 0 Å². The molecule has 0 aromatic heterocycles. The molecule has 0 amide bonds. The number of hydrogen-bond donors (Lipinski definition) is 1. The lowest BCUT2D eigenvalue weighted by molar-refractivity contribution is -0.187. The van der Waals surface area contributed by atoms with E-state index < -0.39 is 12.1 Å². The van der Waals surface area contributed by atoms with Crippen LogP contribution >= 0.6 is 0 Å². The van der Waals surface area contributed by atoms with E-state index in [2.05, 4.69) is 18.7 Å². The molecular formula is C14H27F3N2. The Bertz CT molecular complexity index is 276. The van der Waals surface area contributed by atoms with E-state index in [1.807, 2.05) is 6.92 Å². The second-order valence-electron chi connectivity index (χ2n) is 6.49. The molecule has 0 spiro atoms. The number of rotatable bonds is 5. The number of nitrogens with two attached hydrogens (primary N) is 1. The topological polar surface area (TPSA) is 29.3 Å². The highest BCUT2D eigenvalue weighted by Gasteiger charge is 2.43. The first-order valence-corrected chi connectivity index (χ1v) is 7.20. The molecular weight excluding hydrogens is 253 g/mol. The minimum absolute atomic E-state index is 0.0405. The Kier molecular flexibility index (Phi) is 5.68. The molecule has 2 unspecified atom stereocenters. The maximum absolute atomic E-state index is 12.8. The number of alkyl halides is 3. The first-order chi connectivity index (χ1) is 8.69. The first kappa shape index (κ1) is 16.8. The smallest absolute Gasteiger partial charge is 0.330 e. The second kappa shape index (κ2) is 6.44. The maximum Gasteiger partial charge on any atom is 0.391 e. The van der Waals surface area contributed by atoms with Gasteiger partial charge in [0.25, 0.3) is 0 Å². The zero-order valence-electron chi connectivity index (χ0n) is 12.3. The molecule has 2 atom stereocenters. The number of halogens is 3. The largest absolute Gasteiger partial charge is 0.391 e. The van der Waals surface area contributed by atoms with E-state index in [9.17, 15) is 13.2 Å². The first-order valence-electron chi connectivity index (χ1n) is 7.20. The maximum atomic E-state index is 12.8. The van der Waals surface area contributed by atoms with Crippen LogP contribution in [0.5, 0.6) is 0 Å². The fraction of sp³-hybridized carbons (Fsp3) is 1.00. The summed E-state index contributed by atoms with van der Waals surface area (Å²) in [6.07, 6.45) is -1.95. The SMILES string of the molecule is CCN(CC(C)(C)CN)C1CCCC(C(F)(F)F)C1. The van der Waals surface area contributed by atoms with Gasteiger partial charge in [-0.25, -0.2) is 0 Å². The molecule has 114 valence electrons. The van der Waals surface area contributed by atoms with Crippen LogP contribution < -0.4 is 5.73 Å². The molecule has 0 aliphatic heterocycles. The van der Waals surface area contributed by atoms with Crippen LogP contribution in [0.25, 0.3) is 0 Å². The lowest BCUT2D eigenvalue weighted by Crippen LogP contribution is -2.47. The standard InChI is InChI=1S/C14H27F3N2/c1-4-19(10-13(2,3)9-18)12-7-5-6-11(8-12)14(15,16)17/h11-12H,4-10,18H2,1-3H3. The molecule has 1 aliphatic rings. The normalized spacial score (nSPS) is 25.9. The van der Waals surface area contributed by atoms with Crippen LogP contribution in [0.2, 0.25) is 0 Å². The minimum Gasteiger partial charge on any atom is -0.330 e. The molecule has 0 radical (unpaired) electrons. The van der Waals surface area contributed by atoms with Gasteiger partial charge in [0.15, 0.2) is 0 Å². The summed E-state index contributed by atoms with van der Waals surface area (Å²) >= 11 is 0. The van der Waals surface area contributed by atoms with Crippen LogP contribution in [0.4, 0.5) is 13.2 Å². The molecule has 1 rings (SSSR count). The minimum atomic E-state index is -4.04. The highest BCUT2D eigenvalue weighted by Crippen LogP contribution is 2.39. The third-order valence-corrected chi connectivity index (χ3v) is 4.22. The van der Waals surface area contributed by atoms with E-state index in [4.69, 9.17) is 5.73 Å². The van der Waals surface area contributed by atoms with E-state index >= 15 is 0 Å². The Morgan fingerprint density at radius 1 is 1.21 bits per heavy atom. The average molecular weight is 280 g/mol. The van der Waals surface area contributed by atoms with Crippen molar-refractivity contribution in [2.45, 2.75) is 58.7 Å². The van der Waals surface area contributed by atoms with Crippen LogP contribution in [-0.2, 0) is 0 Å². The highest BCUT2D eigenvalue weighted by atomic mass is 19.4. The average Bonchev–Trinajstić information content (AvgIpc) is 2.35. The molecule has 0 heterocycles. The summed E-state index contributed by atoms with van der Waals surface area (Å²) in [5.74, 6) is -1.12. The molecule has 0 aromatic carbocycles. The Morgan fingerprint density at radius 3 is 2.32 bits per heavy atom. The van der Waals surface area contributed by atoms with E-state index in [1.165, 1.54) is 0 Å². The van der Waals surface area contributed by atoms with E-state index in [0.717, 1.165) is 19.5 Å². The molecule has 5 heteroatoms. The van der Waals surface area contributed by atoms with Gasteiger partial charge >= 0.3 is 6.18 Å². The summed E-state index contributed by atoms with van der Waals surface area (Å²) in [4.78, 5) is 2.19. The van der Waals surface area contributed by atoms with E-state index in [1.54, 1.807) is 0 Å². The summed E-state index contributed by atoms with van der Waals surface area (Å²) in [5.41, 5.74) is 5.69. The van der Waals surface area contributed by atoms with Crippen molar-refractivity contribution in [3.63, 3.8) is 0 Å². The van der Waals surface area contributed by atoms with Crippen molar-refractivity contribution < 1.29 is 13.2 Å². The Balaban J connectivity index is 2.66. The third-order valence-electron chi connectivity index (χ3n) is 4.22. The molecule has 0 saturated heterocycles. The molecule has 1 saturated carbocycles.